The number of amides is 2. The van der Waals surface area contributed by atoms with Crippen molar-refractivity contribution in [2.45, 2.75) is 0 Å². The van der Waals surface area contributed by atoms with E-state index in [1.165, 1.54) is 19.3 Å². The number of ether oxygens (including phenoxy) is 1. The second kappa shape index (κ2) is 8.29. The first-order valence-corrected chi connectivity index (χ1v) is 9.23. The van der Waals surface area contributed by atoms with Gasteiger partial charge in [0.25, 0.3) is 11.8 Å². The predicted molar refractivity (Wildman–Crippen MR) is 110 cm³/mol. The molecule has 0 spiro atoms. The number of carbonyl (C=O) groups is 2. The zero-order valence-corrected chi connectivity index (χ0v) is 16.5. The van der Waals surface area contributed by atoms with E-state index < -0.39 is 28.2 Å². The van der Waals surface area contributed by atoms with Crippen molar-refractivity contribution in [3.8, 4) is 11.5 Å². The van der Waals surface area contributed by atoms with Gasteiger partial charge < -0.3 is 9.84 Å². The van der Waals surface area contributed by atoms with Crippen LogP contribution in [0.15, 0.2) is 47.4 Å². The molecule has 0 radical (unpaired) electrons. The number of methoxy groups -OCH3 is 1. The topological polar surface area (TPSA) is 122 Å². The van der Waals surface area contributed by atoms with Gasteiger partial charge in [-0.3, -0.25) is 25.1 Å². The van der Waals surface area contributed by atoms with Crippen molar-refractivity contribution >= 4 is 51.9 Å². The molecule has 0 atom stereocenters. The average Bonchev–Trinajstić information content (AvgIpc) is 2.96. The number of nitro benzene ring substituents is 1. The van der Waals surface area contributed by atoms with E-state index in [2.05, 4.69) is 5.43 Å². The maximum Gasteiger partial charge on any atom is 0.315 e. The quantitative estimate of drug-likeness (QED) is 0.321. The Bertz CT molecular complexity index is 1060. The molecule has 1 aliphatic rings. The summed E-state index contributed by atoms with van der Waals surface area (Å²) in [5.74, 6) is -1.82. The largest absolute Gasteiger partial charge is 0.500 e. The van der Waals surface area contributed by atoms with E-state index in [1.54, 1.807) is 30.3 Å². The lowest BCUT2D eigenvalue weighted by atomic mass is 10.1. The number of hydrazine groups is 1. The number of aromatic hydroxyl groups is 1. The number of phenolic OH excluding ortho intramolecular Hbond substituents is 1. The molecule has 2 aromatic carbocycles. The molecule has 0 unspecified atom stereocenters. The molecule has 0 saturated carbocycles. The molecule has 29 heavy (non-hydrogen) atoms. The Morgan fingerprint density at radius 3 is 2.66 bits per heavy atom. The summed E-state index contributed by atoms with van der Waals surface area (Å²) < 4.78 is 5.05. The Hall–Kier alpha value is -3.44. The molecule has 1 heterocycles. The molecule has 0 aromatic heterocycles. The Labute approximate surface area is 174 Å². The van der Waals surface area contributed by atoms with Crippen LogP contribution in [0.4, 0.5) is 5.69 Å². The van der Waals surface area contributed by atoms with E-state index in [0.29, 0.717) is 5.56 Å². The van der Waals surface area contributed by atoms with Crippen LogP contribution in [-0.4, -0.2) is 38.3 Å². The average molecular weight is 431 g/mol. The second-order valence-electron chi connectivity index (χ2n) is 5.67. The number of benzene rings is 2. The lowest BCUT2D eigenvalue weighted by Gasteiger charge is -2.15. The fourth-order valence-electron chi connectivity index (χ4n) is 2.46. The highest BCUT2D eigenvalue weighted by molar-refractivity contribution is 8.26. The number of carbonyl (C=O) groups excluding carboxylic acids is 2. The Morgan fingerprint density at radius 2 is 2.03 bits per heavy atom. The molecule has 1 fully saturated rings. The highest BCUT2D eigenvalue weighted by Crippen LogP contribution is 2.39. The number of nitrogens with zero attached hydrogens (tertiary/aromatic N) is 2. The summed E-state index contributed by atoms with van der Waals surface area (Å²) in [7, 11) is 1.25. The predicted octanol–water partition coefficient (Wildman–Crippen LogP) is 2.86. The Balaban J connectivity index is 1.87. The summed E-state index contributed by atoms with van der Waals surface area (Å²) in [6.45, 7) is 0. The van der Waals surface area contributed by atoms with E-state index in [0.717, 1.165) is 22.8 Å². The van der Waals surface area contributed by atoms with Gasteiger partial charge in [-0.15, -0.1) is 0 Å². The molecule has 3 rings (SSSR count). The van der Waals surface area contributed by atoms with Gasteiger partial charge in [0.05, 0.1) is 16.9 Å². The van der Waals surface area contributed by atoms with Crippen molar-refractivity contribution in [3.63, 3.8) is 0 Å². The molecule has 1 aliphatic heterocycles. The second-order valence-corrected chi connectivity index (χ2v) is 7.35. The molecule has 1 saturated heterocycles. The number of hydrogen-bond donors (Lipinski definition) is 2. The van der Waals surface area contributed by atoms with Gasteiger partial charge in [0.15, 0.2) is 10.1 Å². The van der Waals surface area contributed by atoms with Crippen LogP contribution in [0.25, 0.3) is 6.08 Å². The first-order valence-electron chi connectivity index (χ1n) is 8.01. The molecule has 0 bridgehead atoms. The molecular weight excluding hydrogens is 418 g/mol. The fourth-order valence-corrected chi connectivity index (χ4v) is 3.64. The highest BCUT2D eigenvalue weighted by atomic mass is 32.2. The van der Waals surface area contributed by atoms with Crippen LogP contribution in [0.1, 0.15) is 15.9 Å². The zero-order valence-electron chi connectivity index (χ0n) is 14.8. The summed E-state index contributed by atoms with van der Waals surface area (Å²) in [5, 5.41) is 21.9. The molecule has 11 heteroatoms. The lowest BCUT2D eigenvalue weighted by Crippen LogP contribution is -2.44. The third-order valence-corrected chi connectivity index (χ3v) is 5.14. The molecule has 2 aromatic rings. The number of nitrogens with one attached hydrogen (secondary N) is 1. The standard InChI is InChI=1S/C18H13N3O6S2/c1-27-13-8-10(7-12(15(13)22)21(25)26)9-14-17(24)20(18(28)29-14)19-16(23)11-5-3-2-4-6-11/h2-9,22H,1H3,(H,19,23)/b14-9-. The van der Waals surface area contributed by atoms with Crippen molar-refractivity contribution in [1.29, 1.82) is 0 Å². The minimum Gasteiger partial charge on any atom is -0.500 e. The molecule has 2 N–H and O–H groups in total. The SMILES string of the molecule is COc1cc(/C=C2\SC(=S)N(NC(=O)c3ccccc3)C2=O)cc([N+](=O)[O-])c1O. The smallest absolute Gasteiger partial charge is 0.315 e. The summed E-state index contributed by atoms with van der Waals surface area (Å²) in [6, 6.07) is 10.7. The van der Waals surface area contributed by atoms with Gasteiger partial charge in [0, 0.05) is 11.6 Å². The molecular formula is C18H13N3O6S2. The Morgan fingerprint density at radius 1 is 1.34 bits per heavy atom. The van der Waals surface area contributed by atoms with Gasteiger partial charge in [-0.1, -0.05) is 30.0 Å². The van der Waals surface area contributed by atoms with Gasteiger partial charge in [-0.05, 0) is 42.1 Å². The van der Waals surface area contributed by atoms with Crippen molar-refractivity contribution in [3.05, 3.63) is 68.6 Å². The molecule has 148 valence electrons. The first-order chi connectivity index (χ1) is 13.8. The molecule has 2 amide bonds. The van der Waals surface area contributed by atoms with Gasteiger partial charge in [-0.25, -0.2) is 0 Å². The van der Waals surface area contributed by atoms with Crippen molar-refractivity contribution in [2.24, 2.45) is 0 Å². The Kier molecular flexibility index (Phi) is 5.80. The minimum absolute atomic E-state index is 0.103. The van der Waals surface area contributed by atoms with Crippen LogP contribution in [-0.2, 0) is 4.79 Å². The van der Waals surface area contributed by atoms with E-state index in [-0.39, 0.29) is 20.5 Å². The zero-order chi connectivity index (χ0) is 21.1. The van der Waals surface area contributed by atoms with Crippen LogP contribution in [0.2, 0.25) is 0 Å². The number of phenols is 1. The number of rotatable bonds is 5. The summed E-state index contributed by atoms with van der Waals surface area (Å²) >= 11 is 6.08. The maximum absolute atomic E-state index is 12.6. The highest BCUT2D eigenvalue weighted by Gasteiger charge is 2.34. The van der Waals surface area contributed by atoms with Crippen LogP contribution >= 0.6 is 24.0 Å². The first kappa shape index (κ1) is 20.3. The van der Waals surface area contributed by atoms with Crippen molar-refractivity contribution in [1.82, 2.24) is 10.4 Å². The van der Waals surface area contributed by atoms with E-state index in [9.17, 15) is 24.8 Å². The summed E-state index contributed by atoms with van der Waals surface area (Å²) in [5.41, 5.74) is 2.48. The van der Waals surface area contributed by atoms with Gasteiger partial charge in [0.1, 0.15) is 0 Å². The monoisotopic (exact) mass is 431 g/mol. The van der Waals surface area contributed by atoms with E-state index in [1.807, 2.05) is 0 Å². The van der Waals surface area contributed by atoms with Gasteiger partial charge in [0.2, 0.25) is 5.75 Å². The third-order valence-electron chi connectivity index (χ3n) is 3.83. The lowest BCUT2D eigenvalue weighted by molar-refractivity contribution is -0.386. The summed E-state index contributed by atoms with van der Waals surface area (Å²) in [4.78, 5) is 35.4. The van der Waals surface area contributed by atoms with Crippen molar-refractivity contribution < 1.29 is 24.4 Å². The van der Waals surface area contributed by atoms with E-state index in [4.69, 9.17) is 17.0 Å². The van der Waals surface area contributed by atoms with Gasteiger partial charge >= 0.3 is 5.69 Å². The van der Waals surface area contributed by atoms with Gasteiger partial charge in [-0.2, -0.15) is 5.01 Å². The van der Waals surface area contributed by atoms with Crippen molar-refractivity contribution in [2.75, 3.05) is 7.11 Å². The fraction of sp³-hybridized carbons (Fsp3) is 0.0556. The number of hydrogen-bond acceptors (Lipinski definition) is 8. The number of thioether (sulfide) groups is 1. The van der Waals surface area contributed by atoms with Crippen LogP contribution in [0.3, 0.4) is 0 Å². The minimum atomic E-state index is -0.763. The normalized spacial score (nSPS) is 14.9. The summed E-state index contributed by atoms with van der Waals surface area (Å²) in [6.07, 6.45) is 1.36. The van der Waals surface area contributed by atoms with Crippen LogP contribution in [0, 0.1) is 10.1 Å². The third kappa shape index (κ3) is 4.20. The maximum atomic E-state index is 12.6. The molecule has 9 nitrogen and oxygen atoms in total. The number of nitro groups is 1. The molecule has 0 aliphatic carbocycles. The van der Waals surface area contributed by atoms with Crippen LogP contribution < -0.4 is 10.2 Å². The van der Waals surface area contributed by atoms with E-state index >= 15 is 0 Å². The van der Waals surface area contributed by atoms with Crippen LogP contribution in [0.5, 0.6) is 11.5 Å². The number of thiocarbonyl (C=S) groups is 1.